The van der Waals surface area contributed by atoms with Crippen LogP contribution in [0.2, 0.25) is 0 Å². The summed E-state index contributed by atoms with van der Waals surface area (Å²) in [5.74, 6) is -7.44. The fourth-order valence-electron chi connectivity index (χ4n) is 8.73. The summed E-state index contributed by atoms with van der Waals surface area (Å²) in [4.78, 5) is 27.5. The maximum absolute atomic E-state index is 13.8. The van der Waals surface area contributed by atoms with E-state index in [1.165, 1.54) is 13.0 Å². The second kappa shape index (κ2) is 9.63. The lowest BCUT2D eigenvalue weighted by Gasteiger charge is -2.62. The highest BCUT2D eigenvalue weighted by atomic mass is 16.9. The molecule has 11 heteroatoms. The second-order valence-electron chi connectivity index (χ2n) is 13.1. The van der Waals surface area contributed by atoms with E-state index in [9.17, 15) is 35.1 Å². The third-order valence-electron chi connectivity index (χ3n) is 10.9. The van der Waals surface area contributed by atoms with E-state index in [4.69, 9.17) is 18.9 Å². The predicted octanol–water partition coefficient (Wildman–Crippen LogP) is 1.12. The highest BCUT2D eigenvalue weighted by Crippen LogP contribution is 2.71. The fraction of sp³-hybridized carbons (Fsp3) is 0.471. The van der Waals surface area contributed by atoms with Crippen LogP contribution >= 0.6 is 0 Å². The lowest BCUT2D eigenvalue weighted by molar-refractivity contribution is -0.443. The Hall–Kier alpha value is -3.26. The number of carbonyl (C=O) groups excluding carboxylic acids is 2. The molecular formula is C34H36O11. The van der Waals surface area contributed by atoms with Gasteiger partial charge in [0.05, 0.1) is 23.9 Å². The Morgan fingerprint density at radius 1 is 1.02 bits per heavy atom. The van der Waals surface area contributed by atoms with Gasteiger partial charge in [-0.15, -0.1) is 0 Å². The van der Waals surface area contributed by atoms with Gasteiger partial charge in [0.25, 0.3) is 0 Å². The minimum absolute atomic E-state index is 0.0743. The molecule has 7 rings (SSSR count). The fourth-order valence-corrected chi connectivity index (χ4v) is 8.73. The average Bonchev–Trinajstić information content (AvgIpc) is 3.43. The minimum Gasteiger partial charge on any atom is -0.455 e. The highest BCUT2D eigenvalue weighted by Gasteiger charge is 2.87. The van der Waals surface area contributed by atoms with Gasteiger partial charge in [0.2, 0.25) is 0 Å². The molecule has 0 spiro atoms. The van der Waals surface area contributed by atoms with Crippen LogP contribution in [0.1, 0.15) is 36.7 Å². The molecule has 0 amide bonds. The molecule has 5 aliphatic rings. The third kappa shape index (κ3) is 3.47. The van der Waals surface area contributed by atoms with Crippen LogP contribution in [0.15, 0.2) is 84.5 Å². The van der Waals surface area contributed by atoms with E-state index in [2.05, 4.69) is 6.58 Å². The van der Waals surface area contributed by atoms with Gasteiger partial charge in [-0.05, 0) is 37.1 Å². The predicted molar refractivity (Wildman–Crippen MR) is 155 cm³/mol. The molecule has 238 valence electrons. The summed E-state index contributed by atoms with van der Waals surface area (Å²) in [6.07, 6.45) is -5.49. The van der Waals surface area contributed by atoms with Crippen molar-refractivity contribution in [3.8, 4) is 0 Å². The van der Waals surface area contributed by atoms with Gasteiger partial charge in [-0.25, -0.2) is 4.79 Å². The summed E-state index contributed by atoms with van der Waals surface area (Å²) in [6, 6.07) is 16.9. The number of ketones is 1. The molecule has 4 fully saturated rings. The Morgan fingerprint density at radius 3 is 2.24 bits per heavy atom. The van der Waals surface area contributed by atoms with Gasteiger partial charge in [-0.3, -0.25) is 4.79 Å². The monoisotopic (exact) mass is 620 g/mol. The summed E-state index contributed by atoms with van der Waals surface area (Å²) in [7, 11) is 0. The van der Waals surface area contributed by atoms with Gasteiger partial charge in [0.1, 0.15) is 23.9 Å². The number of esters is 1. The van der Waals surface area contributed by atoms with Crippen molar-refractivity contribution in [3.63, 3.8) is 0 Å². The summed E-state index contributed by atoms with van der Waals surface area (Å²) in [5, 5.41) is 58.3. The lowest BCUT2D eigenvalue weighted by atomic mass is 9.52. The Kier molecular flexibility index (Phi) is 6.50. The molecule has 2 saturated heterocycles. The number of hydrogen-bond acceptors (Lipinski definition) is 11. The number of carbonyl (C=O) groups is 2. The van der Waals surface area contributed by atoms with Crippen LogP contribution in [0, 0.1) is 17.8 Å². The largest absolute Gasteiger partial charge is 0.455 e. The molecule has 0 aromatic heterocycles. The van der Waals surface area contributed by atoms with E-state index in [1.807, 2.05) is 0 Å². The molecule has 12 atom stereocenters. The molecule has 2 saturated carbocycles. The summed E-state index contributed by atoms with van der Waals surface area (Å²) >= 11 is 0. The standard InChI is InChI=1S/C34H36O11/c1-17(2)32-26(42-28(38)20-11-7-5-8-12-20)19(4)33-22-15-18(3)24(36)31(22,41)29(39)30(40,16-35)25(37)23(33)27(32)43-34(44-32,45-33)21-13-9-6-10-14-21/h5-15,19,22-23,25-27,29,35,37,39-41H,1,16H2,2-4H3/t19-,22-,23+,25+,26-,27-,29-,30-,31-,32+,33+,34?/m1/s1. The maximum Gasteiger partial charge on any atom is 0.338 e. The van der Waals surface area contributed by atoms with Gasteiger partial charge >= 0.3 is 11.9 Å². The third-order valence-corrected chi connectivity index (χ3v) is 10.9. The van der Waals surface area contributed by atoms with Gasteiger partial charge in [0, 0.05) is 23.3 Å². The molecule has 45 heavy (non-hydrogen) atoms. The first kappa shape index (κ1) is 30.4. The molecule has 5 N–H and O–H groups in total. The second-order valence-corrected chi connectivity index (χ2v) is 13.1. The van der Waals surface area contributed by atoms with Crippen LogP contribution in [-0.2, 0) is 29.7 Å². The molecule has 3 aliphatic carbocycles. The number of ether oxygens (including phenoxy) is 4. The van der Waals surface area contributed by atoms with E-state index < -0.39 is 88.9 Å². The molecule has 2 aromatic carbocycles. The molecular weight excluding hydrogens is 584 g/mol. The molecule has 3 bridgehead atoms. The zero-order chi connectivity index (χ0) is 32.3. The van der Waals surface area contributed by atoms with Crippen LogP contribution in [0.25, 0.3) is 0 Å². The Morgan fingerprint density at radius 2 is 1.64 bits per heavy atom. The van der Waals surface area contributed by atoms with E-state index in [-0.39, 0.29) is 11.1 Å². The number of benzene rings is 2. The van der Waals surface area contributed by atoms with E-state index >= 15 is 0 Å². The van der Waals surface area contributed by atoms with E-state index in [0.29, 0.717) is 11.1 Å². The lowest BCUT2D eigenvalue weighted by Crippen LogP contribution is -2.77. The van der Waals surface area contributed by atoms with Crippen molar-refractivity contribution in [1.29, 1.82) is 0 Å². The van der Waals surface area contributed by atoms with Crippen molar-refractivity contribution >= 4 is 11.8 Å². The number of Topliss-reactive ketones (excluding diaryl/α,β-unsaturated/α-hetero) is 1. The Labute approximate surface area is 259 Å². The average molecular weight is 621 g/mol. The zero-order valence-corrected chi connectivity index (χ0v) is 25.0. The molecule has 1 unspecified atom stereocenters. The van der Waals surface area contributed by atoms with E-state index in [0.717, 1.165) is 0 Å². The van der Waals surface area contributed by atoms with Gasteiger partial charge in [-0.2, -0.15) is 0 Å². The van der Waals surface area contributed by atoms with Crippen molar-refractivity contribution in [2.24, 2.45) is 17.8 Å². The van der Waals surface area contributed by atoms with E-state index in [1.54, 1.807) is 74.5 Å². The van der Waals surface area contributed by atoms with Crippen molar-refractivity contribution in [1.82, 2.24) is 0 Å². The summed E-state index contributed by atoms with van der Waals surface area (Å²) < 4.78 is 26.7. The molecule has 11 nitrogen and oxygen atoms in total. The Balaban J connectivity index is 1.54. The van der Waals surface area contributed by atoms with Crippen molar-refractivity contribution < 1.29 is 54.1 Å². The van der Waals surface area contributed by atoms with Gasteiger partial charge in [0.15, 0.2) is 17.0 Å². The first-order valence-corrected chi connectivity index (χ1v) is 15.0. The van der Waals surface area contributed by atoms with Crippen LogP contribution in [-0.4, -0.2) is 90.7 Å². The maximum atomic E-state index is 13.8. The topological polar surface area (TPSA) is 172 Å². The number of aliphatic hydroxyl groups is 5. The highest BCUT2D eigenvalue weighted by molar-refractivity contribution is 6.05. The summed E-state index contributed by atoms with van der Waals surface area (Å²) in [5.41, 5.74) is -8.14. The van der Waals surface area contributed by atoms with Crippen LogP contribution in [0.3, 0.4) is 0 Å². The normalized spacial score (nSPS) is 46.2. The quantitative estimate of drug-likeness (QED) is 0.240. The SMILES string of the molecule is C=C(C)[C@@]12OC3(c4ccccc4)O[C@@H]1[C@@H]1[C@H](O)[C@](O)(CO)[C@@H](O)[C@]4(O)C(=O)C(C)=C[C@H]4[C@@]1(O3)[C@H](C)[C@H]2OC(=O)c1ccccc1. The van der Waals surface area contributed by atoms with Gasteiger partial charge in [-0.1, -0.05) is 68.1 Å². The van der Waals surface area contributed by atoms with Crippen LogP contribution in [0.5, 0.6) is 0 Å². The minimum atomic E-state index is -2.82. The molecule has 2 aliphatic heterocycles. The van der Waals surface area contributed by atoms with Gasteiger partial charge < -0.3 is 44.5 Å². The number of aliphatic hydroxyl groups excluding tert-OH is 3. The number of rotatable bonds is 5. The zero-order valence-electron chi connectivity index (χ0n) is 25.0. The van der Waals surface area contributed by atoms with Crippen molar-refractivity contribution in [3.05, 3.63) is 95.6 Å². The number of fused-ring (bicyclic) bond motifs is 2. The van der Waals surface area contributed by atoms with Crippen molar-refractivity contribution in [2.45, 2.75) is 73.6 Å². The smallest absolute Gasteiger partial charge is 0.338 e. The number of hydrogen-bond donors (Lipinski definition) is 5. The van der Waals surface area contributed by atoms with Crippen molar-refractivity contribution in [2.75, 3.05) is 6.61 Å². The van der Waals surface area contributed by atoms with Crippen LogP contribution < -0.4 is 0 Å². The van der Waals surface area contributed by atoms with Crippen LogP contribution in [0.4, 0.5) is 0 Å². The molecule has 2 heterocycles. The Bertz CT molecular complexity index is 1610. The molecule has 0 radical (unpaired) electrons. The molecule has 2 aromatic rings. The summed E-state index contributed by atoms with van der Waals surface area (Å²) in [6.45, 7) is 7.77. The first-order chi connectivity index (χ1) is 21.3. The first-order valence-electron chi connectivity index (χ1n) is 15.0.